The minimum atomic E-state index is -1.34. The highest BCUT2D eigenvalue weighted by Gasteiger charge is 2.44. The fourth-order valence-corrected chi connectivity index (χ4v) is 3.21. The fourth-order valence-electron chi connectivity index (χ4n) is 3.21. The van der Waals surface area contributed by atoms with E-state index in [1.807, 2.05) is 0 Å². The lowest BCUT2D eigenvalue weighted by Crippen LogP contribution is -2.55. The van der Waals surface area contributed by atoms with Crippen molar-refractivity contribution in [2.24, 2.45) is 0 Å². The molecule has 1 aliphatic carbocycles. The molecule has 2 rings (SSSR count). The van der Waals surface area contributed by atoms with Gasteiger partial charge in [0.25, 0.3) is 0 Å². The number of ether oxygens (including phenoxy) is 2. The minimum Gasteiger partial charge on any atom is -0.468 e. The van der Waals surface area contributed by atoms with Crippen molar-refractivity contribution in [3.63, 3.8) is 0 Å². The van der Waals surface area contributed by atoms with Crippen molar-refractivity contribution < 1.29 is 33.8 Å². The summed E-state index contributed by atoms with van der Waals surface area (Å²) in [5.41, 5.74) is 0.232. The summed E-state index contributed by atoms with van der Waals surface area (Å²) >= 11 is 0. The third-order valence-corrected chi connectivity index (χ3v) is 4.92. The zero-order valence-corrected chi connectivity index (χ0v) is 19.8. The Kier molecular flexibility index (Phi) is 9.04. The number of esters is 1. The molecule has 3 amide bonds. The number of alkyl carbamates (subject to hydrolysis) is 1. The molecular formula is C24H31N3O7. The standard InChI is InChI=1S/C24H31N3O7/c1-6-15-7-9-16(10-8-15)20(21(30)25-13-19(29)33-5)27(17-11-12-17)22(31)18(14-28)26-23(32)34-24(2,3)4/h1,7-10,17-18,20,28H,11-14H2,2-5H3,(H,25,30)(H,26,32). The molecule has 1 aromatic rings. The number of benzene rings is 1. The molecule has 0 aliphatic heterocycles. The number of hydrogen-bond acceptors (Lipinski definition) is 7. The topological polar surface area (TPSA) is 134 Å². The molecule has 1 aliphatic rings. The Morgan fingerprint density at radius 3 is 2.29 bits per heavy atom. The summed E-state index contributed by atoms with van der Waals surface area (Å²) in [6, 6.07) is 3.75. The number of nitrogens with zero attached hydrogens (tertiary/aromatic N) is 1. The van der Waals surface area contributed by atoms with Crippen LogP contribution in [0.3, 0.4) is 0 Å². The van der Waals surface area contributed by atoms with Crippen LogP contribution in [0.15, 0.2) is 24.3 Å². The van der Waals surface area contributed by atoms with Gasteiger partial charge in [-0.2, -0.15) is 0 Å². The molecule has 1 saturated carbocycles. The van der Waals surface area contributed by atoms with Crippen molar-refractivity contribution in [3.05, 3.63) is 35.4 Å². The highest BCUT2D eigenvalue weighted by Crippen LogP contribution is 2.35. The highest BCUT2D eigenvalue weighted by atomic mass is 16.6. The van der Waals surface area contributed by atoms with Crippen molar-refractivity contribution >= 4 is 23.9 Å². The zero-order chi connectivity index (χ0) is 25.5. The number of aliphatic hydroxyl groups is 1. The van der Waals surface area contributed by atoms with Gasteiger partial charge in [-0.05, 0) is 51.3 Å². The van der Waals surface area contributed by atoms with Crippen LogP contribution in [-0.4, -0.2) is 71.8 Å². The first kappa shape index (κ1) is 26.7. The minimum absolute atomic E-state index is 0.289. The molecule has 2 atom stereocenters. The second-order valence-electron chi connectivity index (χ2n) is 8.82. The fraction of sp³-hybridized carbons (Fsp3) is 0.500. The Hall–Kier alpha value is -3.58. The van der Waals surface area contributed by atoms with Crippen LogP contribution in [0.1, 0.15) is 50.8 Å². The normalized spacial score (nSPS) is 14.7. The lowest BCUT2D eigenvalue weighted by molar-refractivity contribution is -0.145. The van der Waals surface area contributed by atoms with E-state index in [1.165, 1.54) is 12.0 Å². The van der Waals surface area contributed by atoms with E-state index in [0.29, 0.717) is 24.0 Å². The molecule has 34 heavy (non-hydrogen) atoms. The van der Waals surface area contributed by atoms with Gasteiger partial charge < -0.3 is 30.1 Å². The Morgan fingerprint density at radius 2 is 1.82 bits per heavy atom. The van der Waals surface area contributed by atoms with Gasteiger partial charge >= 0.3 is 12.1 Å². The Labute approximate surface area is 199 Å². The summed E-state index contributed by atoms with van der Waals surface area (Å²) in [5.74, 6) is 0.559. The molecule has 0 radical (unpaired) electrons. The number of terminal acetylenes is 1. The van der Waals surface area contributed by atoms with Crippen LogP contribution in [0.5, 0.6) is 0 Å². The summed E-state index contributed by atoms with van der Waals surface area (Å²) in [5, 5.41) is 14.7. The number of hydrogen-bond donors (Lipinski definition) is 3. The van der Waals surface area contributed by atoms with Gasteiger partial charge in [-0.3, -0.25) is 14.4 Å². The summed E-state index contributed by atoms with van der Waals surface area (Å²) in [6.07, 6.45) is 5.82. The molecule has 10 nitrogen and oxygen atoms in total. The SMILES string of the molecule is C#Cc1ccc(C(C(=O)NCC(=O)OC)N(C(=O)C(CO)NC(=O)OC(C)(C)C)C2CC2)cc1. The van der Waals surface area contributed by atoms with E-state index in [1.54, 1.807) is 45.0 Å². The first-order valence-electron chi connectivity index (χ1n) is 10.8. The maximum absolute atomic E-state index is 13.5. The van der Waals surface area contributed by atoms with Crippen molar-refractivity contribution in [1.29, 1.82) is 0 Å². The maximum atomic E-state index is 13.5. The van der Waals surface area contributed by atoms with Crippen molar-refractivity contribution in [3.8, 4) is 12.3 Å². The Balaban J connectivity index is 2.37. The van der Waals surface area contributed by atoms with Crippen molar-refractivity contribution in [2.45, 2.75) is 57.3 Å². The van der Waals surface area contributed by atoms with Crippen LogP contribution < -0.4 is 10.6 Å². The number of carbonyl (C=O) groups excluding carboxylic acids is 4. The van der Waals surface area contributed by atoms with Gasteiger partial charge in [0.1, 0.15) is 24.2 Å². The van der Waals surface area contributed by atoms with E-state index in [9.17, 15) is 24.3 Å². The monoisotopic (exact) mass is 473 g/mol. The summed E-state index contributed by atoms with van der Waals surface area (Å²) in [4.78, 5) is 51.8. The number of amides is 3. The molecule has 1 fully saturated rings. The molecule has 0 spiro atoms. The Bertz CT molecular complexity index is 943. The Morgan fingerprint density at radius 1 is 1.21 bits per heavy atom. The molecule has 2 unspecified atom stereocenters. The van der Waals surface area contributed by atoms with Crippen LogP contribution in [0, 0.1) is 12.3 Å². The van der Waals surface area contributed by atoms with Gasteiger partial charge in [0.05, 0.1) is 13.7 Å². The summed E-state index contributed by atoms with van der Waals surface area (Å²) < 4.78 is 9.76. The predicted octanol–water partition coefficient (Wildman–Crippen LogP) is 0.875. The first-order chi connectivity index (χ1) is 16.0. The van der Waals surface area contributed by atoms with E-state index in [4.69, 9.17) is 11.2 Å². The van der Waals surface area contributed by atoms with Crippen LogP contribution in [0.25, 0.3) is 0 Å². The number of methoxy groups -OCH3 is 1. The third-order valence-electron chi connectivity index (χ3n) is 4.92. The van der Waals surface area contributed by atoms with Crippen molar-refractivity contribution in [2.75, 3.05) is 20.3 Å². The number of aliphatic hydroxyl groups excluding tert-OH is 1. The molecule has 3 N–H and O–H groups in total. The largest absolute Gasteiger partial charge is 0.468 e. The van der Waals surface area contributed by atoms with E-state index in [-0.39, 0.29) is 12.6 Å². The first-order valence-corrected chi connectivity index (χ1v) is 10.8. The average molecular weight is 474 g/mol. The lowest BCUT2D eigenvalue weighted by Gasteiger charge is -2.34. The van der Waals surface area contributed by atoms with Gasteiger partial charge in [-0.1, -0.05) is 18.1 Å². The molecule has 0 saturated heterocycles. The number of nitrogens with one attached hydrogen (secondary N) is 2. The molecule has 0 heterocycles. The van der Waals surface area contributed by atoms with E-state index in [2.05, 4.69) is 21.3 Å². The van der Waals surface area contributed by atoms with Gasteiger partial charge in [-0.25, -0.2) is 4.79 Å². The van der Waals surface area contributed by atoms with Gasteiger partial charge in [0, 0.05) is 11.6 Å². The van der Waals surface area contributed by atoms with E-state index < -0.39 is 48.2 Å². The molecule has 184 valence electrons. The van der Waals surface area contributed by atoms with Crippen LogP contribution in [0.2, 0.25) is 0 Å². The number of rotatable bonds is 9. The second kappa shape index (κ2) is 11.5. The molecular weight excluding hydrogens is 442 g/mol. The molecule has 1 aromatic carbocycles. The average Bonchev–Trinajstić information content (AvgIpc) is 3.62. The maximum Gasteiger partial charge on any atom is 0.408 e. The van der Waals surface area contributed by atoms with Gasteiger partial charge in [0.2, 0.25) is 11.8 Å². The smallest absolute Gasteiger partial charge is 0.408 e. The molecule has 0 aromatic heterocycles. The summed E-state index contributed by atoms with van der Waals surface area (Å²) in [7, 11) is 1.19. The predicted molar refractivity (Wildman–Crippen MR) is 122 cm³/mol. The molecule has 0 bridgehead atoms. The third kappa shape index (κ3) is 7.49. The lowest BCUT2D eigenvalue weighted by atomic mass is 10.0. The second-order valence-corrected chi connectivity index (χ2v) is 8.82. The quantitative estimate of drug-likeness (QED) is 0.358. The highest BCUT2D eigenvalue weighted by molar-refractivity contribution is 5.93. The van der Waals surface area contributed by atoms with Crippen LogP contribution in [-0.2, 0) is 23.9 Å². The van der Waals surface area contributed by atoms with Gasteiger partial charge in [-0.15, -0.1) is 6.42 Å². The molecule has 10 heteroatoms. The summed E-state index contributed by atoms with van der Waals surface area (Å²) in [6.45, 7) is 3.91. The van der Waals surface area contributed by atoms with Crippen LogP contribution in [0.4, 0.5) is 4.79 Å². The van der Waals surface area contributed by atoms with E-state index in [0.717, 1.165) is 0 Å². The number of carbonyl (C=O) groups is 4. The van der Waals surface area contributed by atoms with Crippen molar-refractivity contribution in [1.82, 2.24) is 15.5 Å². The van der Waals surface area contributed by atoms with Gasteiger partial charge in [0.15, 0.2) is 0 Å². The van der Waals surface area contributed by atoms with E-state index >= 15 is 0 Å². The zero-order valence-electron chi connectivity index (χ0n) is 19.8. The van der Waals surface area contributed by atoms with Crippen LogP contribution >= 0.6 is 0 Å².